The van der Waals surface area contributed by atoms with Crippen molar-refractivity contribution in [1.82, 2.24) is 4.13 Å². The average Bonchev–Trinajstić information content (AvgIpc) is 2.80. The van der Waals surface area contributed by atoms with Gasteiger partial charge in [-0.2, -0.15) is 0 Å². The molecule has 0 aliphatic carbocycles. The van der Waals surface area contributed by atoms with E-state index in [2.05, 4.69) is 13.8 Å². The number of unbranched alkanes of at least 4 members (excludes halogenated alkanes) is 6. The van der Waals surface area contributed by atoms with E-state index in [0.717, 1.165) is 51.4 Å². The minimum atomic E-state index is -4.34. The number of rotatable bonds is 16. The highest BCUT2D eigenvalue weighted by Gasteiger charge is 2.27. The number of hydrogen-bond donors (Lipinski definition) is 1. The molecule has 1 N–H and O–H groups in total. The quantitative estimate of drug-likeness (QED) is 0.216. The Labute approximate surface area is 231 Å². The average molecular weight is 570 g/mol. The van der Waals surface area contributed by atoms with Crippen LogP contribution in [0.3, 0.4) is 0 Å². The van der Waals surface area contributed by atoms with E-state index in [9.17, 15) is 16.8 Å². The van der Waals surface area contributed by atoms with E-state index in [1.807, 2.05) is 4.13 Å². The molecule has 0 aromatic heterocycles. The Morgan fingerprint density at radius 3 is 1.18 bits per heavy atom. The molecule has 0 saturated heterocycles. The molecule has 216 valence electrons. The zero-order chi connectivity index (χ0) is 27.6. The van der Waals surface area contributed by atoms with Crippen molar-refractivity contribution in [3.63, 3.8) is 0 Å². The number of aryl methyl sites for hydroxylation is 4. The highest BCUT2D eigenvalue weighted by Crippen LogP contribution is 2.30. The Morgan fingerprint density at radius 2 is 0.895 bits per heavy atom. The van der Waals surface area contributed by atoms with E-state index in [-0.39, 0.29) is 17.2 Å². The molecule has 0 radical (unpaired) electrons. The molecule has 0 spiro atoms. The molecular formula is C29H47NO6S2. The van der Waals surface area contributed by atoms with Crippen molar-refractivity contribution < 1.29 is 26.3 Å². The number of benzene rings is 2. The van der Waals surface area contributed by atoms with E-state index in [1.54, 1.807) is 27.7 Å². The molecule has 0 aliphatic rings. The zero-order valence-electron chi connectivity index (χ0n) is 23.1. The Morgan fingerprint density at radius 1 is 0.579 bits per heavy atom. The standard InChI is InChI=1S/C28H43NO6S2.CH4/c1-7-9-11-13-15-34-27-21(3)17-25(18-22(27)4)36(30,31)29-37(32,33)26-19-23(5)28(24(6)20-26)35-16-14-12-10-8-2;/h17-20,29H,7-16H2,1-6H3;1H4. The van der Waals surface area contributed by atoms with Crippen LogP contribution >= 0.6 is 0 Å². The van der Waals surface area contributed by atoms with Crippen molar-refractivity contribution >= 4 is 20.0 Å². The Balaban J connectivity index is 0.00000722. The lowest BCUT2D eigenvalue weighted by Gasteiger charge is -2.16. The molecule has 0 unspecified atom stereocenters. The van der Waals surface area contributed by atoms with Gasteiger partial charge < -0.3 is 9.47 Å². The zero-order valence-corrected chi connectivity index (χ0v) is 24.8. The van der Waals surface area contributed by atoms with E-state index in [4.69, 9.17) is 9.47 Å². The predicted molar refractivity (Wildman–Crippen MR) is 155 cm³/mol. The van der Waals surface area contributed by atoms with Gasteiger partial charge in [-0.1, -0.05) is 59.8 Å². The Bertz CT molecular complexity index is 1110. The second-order valence-corrected chi connectivity index (χ2v) is 13.3. The van der Waals surface area contributed by atoms with Crippen LogP contribution in [0.4, 0.5) is 0 Å². The maximum absolute atomic E-state index is 13.1. The Hall–Kier alpha value is -2.10. The molecule has 2 aromatic carbocycles. The first-order valence-electron chi connectivity index (χ1n) is 13.2. The monoisotopic (exact) mass is 569 g/mol. The fourth-order valence-electron chi connectivity index (χ4n) is 4.23. The van der Waals surface area contributed by atoms with Crippen molar-refractivity contribution in [3.8, 4) is 11.5 Å². The van der Waals surface area contributed by atoms with Gasteiger partial charge in [-0.25, -0.2) is 16.8 Å². The highest BCUT2D eigenvalue weighted by atomic mass is 32.3. The minimum Gasteiger partial charge on any atom is -0.493 e. The van der Waals surface area contributed by atoms with Crippen LogP contribution in [-0.4, -0.2) is 30.0 Å². The molecule has 0 bridgehead atoms. The lowest BCUT2D eigenvalue weighted by molar-refractivity contribution is 0.301. The smallest absolute Gasteiger partial charge is 0.253 e. The fourth-order valence-corrected chi connectivity index (χ4v) is 7.49. The fraction of sp³-hybridized carbons (Fsp3) is 0.586. The largest absolute Gasteiger partial charge is 0.493 e. The van der Waals surface area contributed by atoms with Crippen LogP contribution in [0, 0.1) is 27.7 Å². The van der Waals surface area contributed by atoms with Crippen LogP contribution < -0.4 is 13.6 Å². The summed E-state index contributed by atoms with van der Waals surface area (Å²) in [5, 5.41) is 0. The van der Waals surface area contributed by atoms with Crippen LogP contribution in [0.1, 0.15) is 94.9 Å². The summed E-state index contributed by atoms with van der Waals surface area (Å²) in [5.41, 5.74) is 2.56. The number of sulfonamides is 2. The molecular weight excluding hydrogens is 522 g/mol. The molecule has 7 nitrogen and oxygen atoms in total. The summed E-state index contributed by atoms with van der Waals surface area (Å²) < 4.78 is 66.0. The summed E-state index contributed by atoms with van der Waals surface area (Å²) in [5.74, 6) is 1.27. The minimum absolute atomic E-state index is 0. The second-order valence-electron chi connectivity index (χ2n) is 9.68. The molecule has 0 heterocycles. The topological polar surface area (TPSA) is 98.8 Å². The third kappa shape index (κ3) is 9.58. The van der Waals surface area contributed by atoms with Gasteiger partial charge in [-0.15, -0.1) is 4.13 Å². The van der Waals surface area contributed by atoms with Crippen molar-refractivity contribution in [2.75, 3.05) is 13.2 Å². The molecule has 0 aliphatic heterocycles. The van der Waals surface area contributed by atoms with Gasteiger partial charge in [0.05, 0.1) is 23.0 Å². The van der Waals surface area contributed by atoms with Gasteiger partial charge in [0.15, 0.2) is 0 Å². The third-order valence-electron chi connectivity index (χ3n) is 6.20. The summed E-state index contributed by atoms with van der Waals surface area (Å²) in [6, 6.07) is 5.77. The normalized spacial score (nSPS) is 11.7. The van der Waals surface area contributed by atoms with Gasteiger partial charge in [0, 0.05) is 0 Å². The lowest BCUT2D eigenvalue weighted by Crippen LogP contribution is -2.31. The summed E-state index contributed by atoms with van der Waals surface area (Å²) in [6.07, 6.45) is 8.57. The van der Waals surface area contributed by atoms with Crippen LogP contribution in [0.5, 0.6) is 11.5 Å². The van der Waals surface area contributed by atoms with Gasteiger partial charge >= 0.3 is 0 Å². The molecule has 9 heteroatoms. The van der Waals surface area contributed by atoms with Gasteiger partial charge in [0.2, 0.25) is 0 Å². The molecule has 0 fully saturated rings. The van der Waals surface area contributed by atoms with Crippen LogP contribution in [0.25, 0.3) is 0 Å². The Kier molecular flexibility index (Phi) is 13.8. The van der Waals surface area contributed by atoms with Crippen molar-refractivity contribution in [1.29, 1.82) is 0 Å². The summed E-state index contributed by atoms with van der Waals surface area (Å²) in [6.45, 7) is 12.4. The number of hydrogen-bond acceptors (Lipinski definition) is 6. The number of ether oxygens (including phenoxy) is 2. The molecule has 2 aromatic rings. The lowest BCUT2D eigenvalue weighted by atomic mass is 10.1. The maximum atomic E-state index is 13.1. The second kappa shape index (κ2) is 15.5. The number of nitrogens with one attached hydrogen (secondary N) is 1. The maximum Gasteiger partial charge on any atom is 0.253 e. The SMILES string of the molecule is C.CCCCCCOc1c(C)cc(S(=O)(=O)NS(=O)(=O)c2cc(C)c(OCCCCCC)c(C)c2)cc1C. The van der Waals surface area contributed by atoms with E-state index < -0.39 is 20.0 Å². The summed E-state index contributed by atoms with van der Waals surface area (Å²) in [7, 11) is -8.69. The summed E-state index contributed by atoms with van der Waals surface area (Å²) >= 11 is 0. The van der Waals surface area contributed by atoms with Gasteiger partial charge in [-0.05, 0) is 87.1 Å². The van der Waals surface area contributed by atoms with Gasteiger partial charge in [-0.3, -0.25) is 0 Å². The summed E-state index contributed by atoms with van der Waals surface area (Å²) in [4.78, 5) is -0.241. The first-order valence-corrected chi connectivity index (χ1v) is 16.2. The van der Waals surface area contributed by atoms with Crippen molar-refractivity contribution in [2.24, 2.45) is 0 Å². The van der Waals surface area contributed by atoms with Crippen LogP contribution in [0.2, 0.25) is 0 Å². The first kappa shape index (κ1) is 33.9. The van der Waals surface area contributed by atoms with E-state index >= 15 is 0 Å². The van der Waals surface area contributed by atoms with Crippen molar-refractivity contribution in [3.05, 3.63) is 46.5 Å². The van der Waals surface area contributed by atoms with E-state index in [1.165, 1.54) is 24.3 Å². The van der Waals surface area contributed by atoms with Crippen LogP contribution in [-0.2, 0) is 20.0 Å². The highest BCUT2D eigenvalue weighted by molar-refractivity contribution is 8.04. The van der Waals surface area contributed by atoms with Gasteiger partial charge in [0.1, 0.15) is 11.5 Å². The van der Waals surface area contributed by atoms with Gasteiger partial charge in [0.25, 0.3) is 20.0 Å². The van der Waals surface area contributed by atoms with E-state index in [0.29, 0.717) is 47.0 Å². The third-order valence-corrected chi connectivity index (χ3v) is 9.66. The molecule has 0 saturated carbocycles. The predicted octanol–water partition coefficient (Wildman–Crippen LogP) is 7.14. The van der Waals surface area contributed by atoms with Crippen LogP contribution in [0.15, 0.2) is 34.1 Å². The molecule has 0 atom stereocenters. The van der Waals surface area contributed by atoms with Crippen molar-refractivity contribution in [2.45, 2.75) is 110 Å². The molecule has 2 rings (SSSR count). The molecule has 0 amide bonds. The first-order chi connectivity index (χ1) is 17.4. The molecule has 38 heavy (non-hydrogen) atoms.